The number of aliphatic carboxylic acids is 1. The van der Waals surface area contributed by atoms with Crippen molar-refractivity contribution in [3.8, 4) is 0 Å². The first-order valence-corrected chi connectivity index (χ1v) is 6.12. The maximum absolute atomic E-state index is 11.1. The SMILES string of the molecule is O=C(O)C1CC(c2ccn3ccncc23)CCN1. The third-order valence-electron chi connectivity index (χ3n) is 3.64. The minimum absolute atomic E-state index is 0.293. The summed E-state index contributed by atoms with van der Waals surface area (Å²) in [5.74, 6) is -0.470. The zero-order chi connectivity index (χ0) is 12.5. The van der Waals surface area contributed by atoms with Crippen LogP contribution in [0.15, 0.2) is 30.9 Å². The van der Waals surface area contributed by atoms with Gasteiger partial charge < -0.3 is 14.8 Å². The predicted octanol–water partition coefficient (Wildman–Crippen LogP) is 1.25. The van der Waals surface area contributed by atoms with Crippen LogP contribution in [0.25, 0.3) is 5.52 Å². The lowest BCUT2D eigenvalue weighted by molar-refractivity contribution is -0.140. The summed E-state index contributed by atoms with van der Waals surface area (Å²) >= 11 is 0. The summed E-state index contributed by atoms with van der Waals surface area (Å²) < 4.78 is 2.03. The number of hydrogen-bond donors (Lipinski definition) is 2. The fourth-order valence-electron chi connectivity index (χ4n) is 2.70. The van der Waals surface area contributed by atoms with Crippen molar-refractivity contribution in [2.24, 2.45) is 0 Å². The molecule has 5 nitrogen and oxygen atoms in total. The highest BCUT2D eigenvalue weighted by atomic mass is 16.4. The third-order valence-corrected chi connectivity index (χ3v) is 3.64. The molecule has 1 fully saturated rings. The topological polar surface area (TPSA) is 66.6 Å². The molecular formula is C13H15N3O2. The van der Waals surface area contributed by atoms with E-state index in [0.29, 0.717) is 12.3 Å². The predicted molar refractivity (Wildman–Crippen MR) is 66.6 cm³/mol. The molecule has 2 atom stereocenters. The van der Waals surface area contributed by atoms with Crippen LogP contribution < -0.4 is 5.32 Å². The van der Waals surface area contributed by atoms with Crippen LogP contribution in [0.3, 0.4) is 0 Å². The molecule has 94 valence electrons. The summed E-state index contributed by atoms with van der Waals surface area (Å²) in [4.78, 5) is 15.2. The van der Waals surface area contributed by atoms with Gasteiger partial charge in [0.1, 0.15) is 6.04 Å². The molecule has 0 amide bonds. The van der Waals surface area contributed by atoms with Crippen LogP contribution in [0.1, 0.15) is 24.3 Å². The van der Waals surface area contributed by atoms with E-state index in [-0.39, 0.29) is 0 Å². The van der Waals surface area contributed by atoms with Gasteiger partial charge in [0.05, 0.1) is 11.7 Å². The zero-order valence-electron chi connectivity index (χ0n) is 9.91. The Balaban J connectivity index is 1.92. The Bertz CT molecular complexity index is 578. The molecular weight excluding hydrogens is 230 g/mol. The Kier molecular flexibility index (Phi) is 2.76. The number of carbonyl (C=O) groups is 1. The number of aromatic nitrogens is 2. The van der Waals surface area contributed by atoms with E-state index in [9.17, 15) is 4.79 Å². The molecule has 18 heavy (non-hydrogen) atoms. The van der Waals surface area contributed by atoms with Gasteiger partial charge in [0.2, 0.25) is 0 Å². The van der Waals surface area contributed by atoms with Gasteiger partial charge in [0.15, 0.2) is 0 Å². The molecule has 1 aliphatic heterocycles. The Morgan fingerprint density at radius 2 is 2.39 bits per heavy atom. The molecule has 0 spiro atoms. The molecule has 0 saturated carbocycles. The number of rotatable bonds is 2. The molecule has 0 bridgehead atoms. The molecule has 2 unspecified atom stereocenters. The van der Waals surface area contributed by atoms with Gasteiger partial charge in [-0.15, -0.1) is 0 Å². The Morgan fingerprint density at radius 1 is 1.50 bits per heavy atom. The number of fused-ring (bicyclic) bond motifs is 1. The molecule has 5 heteroatoms. The first kappa shape index (κ1) is 11.2. The lowest BCUT2D eigenvalue weighted by Crippen LogP contribution is -2.42. The van der Waals surface area contributed by atoms with Gasteiger partial charge in [-0.3, -0.25) is 9.78 Å². The molecule has 1 saturated heterocycles. The Morgan fingerprint density at radius 3 is 3.22 bits per heavy atom. The molecule has 1 aliphatic rings. The Hall–Kier alpha value is -1.88. The largest absolute Gasteiger partial charge is 0.480 e. The summed E-state index contributed by atoms with van der Waals surface area (Å²) in [6.07, 6.45) is 9.12. The maximum atomic E-state index is 11.1. The van der Waals surface area contributed by atoms with Crippen LogP contribution in [0.2, 0.25) is 0 Å². The maximum Gasteiger partial charge on any atom is 0.320 e. The fourth-order valence-corrected chi connectivity index (χ4v) is 2.70. The van der Waals surface area contributed by atoms with Crippen LogP contribution in [0.4, 0.5) is 0 Å². The van der Waals surface area contributed by atoms with Crippen LogP contribution in [0.5, 0.6) is 0 Å². The summed E-state index contributed by atoms with van der Waals surface area (Å²) in [5.41, 5.74) is 2.28. The van der Waals surface area contributed by atoms with Crippen LogP contribution in [-0.4, -0.2) is 33.0 Å². The van der Waals surface area contributed by atoms with E-state index in [2.05, 4.69) is 16.4 Å². The highest BCUT2D eigenvalue weighted by Gasteiger charge is 2.28. The Labute approximate surface area is 104 Å². The van der Waals surface area contributed by atoms with Gasteiger partial charge in [-0.1, -0.05) is 0 Å². The minimum atomic E-state index is -0.763. The molecule has 2 N–H and O–H groups in total. The summed E-state index contributed by atoms with van der Waals surface area (Å²) in [7, 11) is 0. The summed E-state index contributed by atoms with van der Waals surface area (Å²) in [6.45, 7) is 0.749. The van der Waals surface area contributed by atoms with E-state index in [1.165, 1.54) is 5.56 Å². The van der Waals surface area contributed by atoms with Crippen molar-refractivity contribution in [2.75, 3.05) is 6.54 Å². The normalized spacial score (nSPS) is 24.2. The quantitative estimate of drug-likeness (QED) is 0.835. The van der Waals surface area contributed by atoms with Crippen molar-refractivity contribution in [3.63, 3.8) is 0 Å². The van der Waals surface area contributed by atoms with Gasteiger partial charge in [-0.25, -0.2) is 0 Å². The molecule has 3 rings (SSSR count). The first-order valence-electron chi connectivity index (χ1n) is 6.12. The second-order valence-electron chi connectivity index (χ2n) is 4.71. The smallest absolute Gasteiger partial charge is 0.320 e. The van der Waals surface area contributed by atoms with E-state index in [1.54, 1.807) is 6.20 Å². The molecule has 0 aromatic carbocycles. The monoisotopic (exact) mass is 245 g/mol. The van der Waals surface area contributed by atoms with Crippen molar-refractivity contribution in [2.45, 2.75) is 24.8 Å². The number of hydrogen-bond acceptors (Lipinski definition) is 3. The van der Waals surface area contributed by atoms with Crippen molar-refractivity contribution >= 4 is 11.5 Å². The lowest BCUT2D eigenvalue weighted by atomic mass is 9.87. The number of nitrogens with one attached hydrogen (secondary N) is 1. The van der Waals surface area contributed by atoms with E-state index >= 15 is 0 Å². The molecule has 3 heterocycles. The van der Waals surface area contributed by atoms with Crippen LogP contribution in [0, 0.1) is 0 Å². The summed E-state index contributed by atoms with van der Waals surface area (Å²) in [5, 5.41) is 12.1. The number of carboxylic acids is 1. The van der Waals surface area contributed by atoms with Crippen molar-refractivity contribution in [1.82, 2.24) is 14.7 Å². The number of piperidine rings is 1. The zero-order valence-corrected chi connectivity index (χ0v) is 9.91. The lowest BCUT2D eigenvalue weighted by Gasteiger charge is -2.27. The second kappa shape index (κ2) is 4.42. The van der Waals surface area contributed by atoms with Crippen LogP contribution in [-0.2, 0) is 4.79 Å². The average Bonchev–Trinajstić information content (AvgIpc) is 2.82. The summed E-state index contributed by atoms with van der Waals surface area (Å²) in [6, 6.07) is 1.64. The van der Waals surface area contributed by atoms with Gasteiger partial charge >= 0.3 is 5.97 Å². The number of nitrogens with zero attached hydrogens (tertiary/aromatic N) is 2. The van der Waals surface area contributed by atoms with Gasteiger partial charge in [-0.2, -0.15) is 0 Å². The molecule has 2 aromatic heterocycles. The van der Waals surface area contributed by atoms with E-state index < -0.39 is 12.0 Å². The fraction of sp³-hybridized carbons (Fsp3) is 0.385. The molecule has 2 aromatic rings. The average molecular weight is 245 g/mol. The minimum Gasteiger partial charge on any atom is -0.480 e. The molecule has 0 radical (unpaired) electrons. The van der Waals surface area contributed by atoms with Crippen LogP contribution >= 0.6 is 0 Å². The van der Waals surface area contributed by atoms with Gasteiger partial charge in [-0.05, 0) is 36.9 Å². The van der Waals surface area contributed by atoms with Gasteiger partial charge in [0, 0.05) is 18.6 Å². The number of carboxylic acid groups (broad SMARTS) is 1. The highest BCUT2D eigenvalue weighted by Crippen LogP contribution is 2.31. The van der Waals surface area contributed by atoms with E-state index in [4.69, 9.17) is 5.11 Å². The second-order valence-corrected chi connectivity index (χ2v) is 4.71. The standard InChI is InChI=1S/C13H15N3O2/c17-13(18)11-7-9(1-3-15-11)10-2-5-16-6-4-14-8-12(10)16/h2,4-6,8-9,11,15H,1,3,7H2,(H,17,18). The van der Waals surface area contributed by atoms with E-state index in [0.717, 1.165) is 18.5 Å². The first-order chi connectivity index (χ1) is 8.75. The van der Waals surface area contributed by atoms with Gasteiger partial charge in [0.25, 0.3) is 0 Å². The van der Waals surface area contributed by atoms with Crippen molar-refractivity contribution in [1.29, 1.82) is 0 Å². The third kappa shape index (κ3) is 1.86. The van der Waals surface area contributed by atoms with E-state index in [1.807, 2.05) is 23.0 Å². The van der Waals surface area contributed by atoms with Crippen molar-refractivity contribution in [3.05, 3.63) is 36.4 Å². The molecule has 0 aliphatic carbocycles. The van der Waals surface area contributed by atoms with Crippen molar-refractivity contribution < 1.29 is 9.90 Å². The highest BCUT2D eigenvalue weighted by molar-refractivity contribution is 5.74.